The van der Waals surface area contributed by atoms with Crippen LogP contribution in [0.3, 0.4) is 0 Å². The van der Waals surface area contributed by atoms with Gasteiger partial charge in [0.15, 0.2) is 0 Å². The van der Waals surface area contributed by atoms with Crippen LogP contribution in [0.2, 0.25) is 0 Å². The van der Waals surface area contributed by atoms with Crippen LogP contribution in [-0.2, 0) is 0 Å². The molecular formula is C28H29F2N3O3. The summed E-state index contributed by atoms with van der Waals surface area (Å²) in [6.45, 7) is 0.750. The van der Waals surface area contributed by atoms with Gasteiger partial charge in [-0.25, -0.2) is 4.52 Å². The zero-order valence-electron chi connectivity index (χ0n) is 20.5. The first-order chi connectivity index (χ1) is 17.1. The molecule has 0 spiro atoms. The Bertz CT molecular complexity index is 1410. The van der Waals surface area contributed by atoms with Crippen LogP contribution in [0.25, 0.3) is 11.1 Å². The maximum absolute atomic E-state index is 13.3. The van der Waals surface area contributed by atoms with Gasteiger partial charge in [-0.1, -0.05) is 12.1 Å². The fourth-order valence-electron chi connectivity index (χ4n) is 6.30. The molecule has 6 rings (SSSR count). The molecule has 0 fully saturated rings. The van der Waals surface area contributed by atoms with Gasteiger partial charge in [-0.3, -0.25) is 4.79 Å². The number of aromatic nitrogens is 2. The zero-order valence-corrected chi connectivity index (χ0v) is 20.5. The van der Waals surface area contributed by atoms with E-state index in [1.165, 1.54) is 11.6 Å². The van der Waals surface area contributed by atoms with Gasteiger partial charge in [0.05, 0.1) is 22.9 Å². The molecule has 3 unspecified atom stereocenters. The van der Waals surface area contributed by atoms with Crippen LogP contribution in [0.15, 0.2) is 42.6 Å². The van der Waals surface area contributed by atoms with E-state index in [9.17, 15) is 18.7 Å². The van der Waals surface area contributed by atoms with Crippen LogP contribution in [0, 0.1) is 5.92 Å². The molecule has 188 valence electrons. The van der Waals surface area contributed by atoms with E-state index in [1.807, 2.05) is 30.6 Å². The monoisotopic (exact) mass is 493 g/mol. The van der Waals surface area contributed by atoms with Crippen molar-refractivity contribution < 1.29 is 23.4 Å². The number of pyridine rings is 1. The SMILES string of the molecule is CN1C(=O)c2cccc(OC(F)F)c2C2CC1c1nn3ccc(C4=CCC(C(C)(C)O)CC4)cc3c12. The molecule has 2 bridgehead atoms. The number of amides is 1. The highest BCUT2D eigenvalue weighted by molar-refractivity contribution is 5.98. The number of hydrogen-bond donors (Lipinski definition) is 1. The summed E-state index contributed by atoms with van der Waals surface area (Å²) in [5, 5.41) is 15.2. The number of carbonyl (C=O) groups is 1. The van der Waals surface area contributed by atoms with Crippen molar-refractivity contribution in [2.45, 2.75) is 63.7 Å². The molecule has 1 N–H and O–H groups in total. The summed E-state index contributed by atoms with van der Waals surface area (Å²) < 4.78 is 33.3. The predicted molar refractivity (Wildman–Crippen MR) is 131 cm³/mol. The topological polar surface area (TPSA) is 67.1 Å². The number of benzene rings is 1. The molecule has 0 radical (unpaired) electrons. The third-order valence-corrected chi connectivity index (χ3v) is 8.25. The van der Waals surface area contributed by atoms with Gasteiger partial charge in [-0.05, 0) is 80.9 Å². The number of allylic oxidation sites excluding steroid dienone is 2. The molecule has 3 atom stereocenters. The lowest BCUT2D eigenvalue weighted by Crippen LogP contribution is -2.31. The number of alkyl halides is 2. The molecule has 2 aromatic heterocycles. The maximum Gasteiger partial charge on any atom is 0.387 e. The summed E-state index contributed by atoms with van der Waals surface area (Å²) in [4.78, 5) is 14.9. The molecule has 6 nitrogen and oxygen atoms in total. The third kappa shape index (κ3) is 3.53. The second-order valence-corrected chi connectivity index (χ2v) is 10.7. The van der Waals surface area contributed by atoms with E-state index in [0.29, 0.717) is 17.5 Å². The Morgan fingerprint density at radius 1 is 1.22 bits per heavy atom. The molecule has 1 aromatic carbocycles. The van der Waals surface area contributed by atoms with Crippen molar-refractivity contribution in [1.29, 1.82) is 0 Å². The van der Waals surface area contributed by atoms with E-state index in [1.54, 1.807) is 24.1 Å². The van der Waals surface area contributed by atoms with Crippen molar-refractivity contribution in [3.8, 4) is 5.75 Å². The number of hydrogen-bond acceptors (Lipinski definition) is 4. The zero-order chi connectivity index (χ0) is 25.4. The Labute approximate surface area is 208 Å². The lowest BCUT2D eigenvalue weighted by atomic mass is 9.78. The van der Waals surface area contributed by atoms with Crippen molar-refractivity contribution in [2.24, 2.45) is 5.92 Å². The van der Waals surface area contributed by atoms with E-state index < -0.39 is 12.2 Å². The van der Waals surface area contributed by atoms with Crippen LogP contribution < -0.4 is 4.74 Å². The van der Waals surface area contributed by atoms with Gasteiger partial charge >= 0.3 is 6.61 Å². The minimum atomic E-state index is -2.98. The molecule has 3 heterocycles. The largest absolute Gasteiger partial charge is 0.434 e. The Kier molecular flexibility index (Phi) is 5.23. The van der Waals surface area contributed by atoms with E-state index >= 15 is 0 Å². The molecule has 3 aliphatic rings. The Balaban J connectivity index is 1.48. The smallest absolute Gasteiger partial charge is 0.387 e. The number of fused-ring (bicyclic) bond motifs is 9. The average molecular weight is 494 g/mol. The highest BCUT2D eigenvalue weighted by atomic mass is 19.3. The molecule has 0 saturated carbocycles. The van der Waals surface area contributed by atoms with E-state index in [-0.39, 0.29) is 29.5 Å². The standard InChI is InChI=1S/C28H29F2N3O3/c1-28(2,35)17-9-7-15(8-10-17)16-11-12-33-20(13-16)24-19-14-21(25(24)31-33)32(3)26(34)18-5-4-6-22(23(18)19)36-27(29)30/h4-7,11-13,17,19,21,27,35H,8-10,14H2,1-3H3. The lowest BCUT2D eigenvalue weighted by molar-refractivity contribution is -0.0505. The molecule has 36 heavy (non-hydrogen) atoms. The number of carbonyl (C=O) groups excluding carboxylic acids is 1. The van der Waals surface area contributed by atoms with Crippen LogP contribution in [0.5, 0.6) is 5.75 Å². The molecule has 8 heteroatoms. The third-order valence-electron chi connectivity index (χ3n) is 8.25. The van der Waals surface area contributed by atoms with Crippen LogP contribution in [-0.4, -0.2) is 44.8 Å². The fraction of sp³-hybridized carbons (Fsp3) is 0.429. The van der Waals surface area contributed by atoms with Gasteiger partial charge in [0.1, 0.15) is 5.75 Å². The maximum atomic E-state index is 13.3. The van der Waals surface area contributed by atoms with Crippen molar-refractivity contribution >= 4 is 17.0 Å². The second kappa shape index (κ2) is 8.13. The average Bonchev–Trinajstić information content (AvgIpc) is 3.36. The van der Waals surface area contributed by atoms with Gasteiger partial charge in [-0.2, -0.15) is 13.9 Å². The first-order valence-electron chi connectivity index (χ1n) is 12.4. The van der Waals surface area contributed by atoms with Gasteiger partial charge in [0.2, 0.25) is 0 Å². The molecule has 0 saturated heterocycles. The second-order valence-electron chi connectivity index (χ2n) is 10.7. The summed E-state index contributed by atoms with van der Waals surface area (Å²) in [7, 11) is 1.75. The summed E-state index contributed by atoms with van der Waals surface area (Å²) in [5.41, 5.74) is 5.24. The minimum Gasteiger partial charge on any atom is -0.434 e. The fourth-order valence-corrected chi connectivity index (χ4v) is 6.30. The van der Waals surface area contributed by atoms with Crippen molar-refractivity contribution in [2.75, 3.05) is 7.05 Å². The van der Waals surface area contributed by atoms with Crippen molar-refractivity contribution in [3.05, 3.63) is 70.6 Å². The van der Waals surface area contributed by atoms with Gasteiger partial charge in [-0.15, -0.1) is 0 Å². The first kappa shape index (κ1) is 23.2. The van der Waals surface area contributed by atoms with Crippen molar-refractivity contribution in [1.82, 2.24) is 14.5 Å². The summed E-state index contributed by atoms with van der Waals surface area (Å²) in [5.74, 6) is -0.221. The number of aliphatic hydroxyl groups is 1. The Morgan fingerprint density at radius 3 is 2.72 bits per heavy atom. The highest BCUT2D eigenvalue weighted by Gasteiger charge is 2.46. The minimum absolute atomic E-state index is 0.0471. The van der Waals surface area contributed by atoms with E-state index in [4.69, 9.17) is 9.84 Å². The van der Waals surface area contributed by atoms with Crippen LogP contribution in [0.4, 0.5) is 8.78 Å². The lowest BCUT2D eigenvalue weighted by Gasteiger charge is -2.32. The van der Waals surface area contributed by atoms with Gasteiger partial charge in [0.25, 0.3) is 5.91 Å². The molecule has 1 aliphatic heterocycles. The summed E-state index contributed by atoms with van der Waals surface area (Å²) >= 11 is 0. The first-order valence-corrected chi connectivity index (χ1v) is 12.4. The number of nitrogens with zero attached hydrogens (tertiary/aromatic N) is 3. The summed E-state index contributed by atoms with van der Waals surface area (Å²) in [6, 6.07) is 8.72. The Hall–Kier alpha value is -3.26. The van der Waals surface area contributed by atoms with E-state index in [0.717, 1.165) is 41.6 Å². The predicted octanol–water partition coefficient (Wildman–Crippen LogP) is 5.55. The van der Waals surface area contributed by atoms with Crippen LogP contribution in [0.1, 0.15) is 84.2 Å². The molecule has 1 amide bonds. The van der Waals surface area contributed by atoms with Gasteiger partial charge in [0, 0.05) is 35.9 Å². The van der Waals surface area contributed by atoms with Gasteiger partial charge < -0.3 is 14.7 Å². The van der Waals surface area contributed by atoms with Crippen molar-refractivity contribution in [3.63, 3.8) is 0 Å². The molecule has 3 aromatic rings. The molecular weight excluding hydrogens is 464 g/mol. The van der Waals surface area contributed by atoms with Crippen LogP contribution >= 0.6 is 0 Å². The summed E-state index contributed by atoms with van der Waals surface area (Å²) in [6.07, 6.45) is 7.33. The Morgan fingerprint density at radius 2 is 2.03 bits per heavy atom. The number of halogens is 2. The molecule has 2 aliphatic carbocycles. The highest BCUT2D eigenvalue weighted by Crippen LogP contribution is 2.53. The quantitative estimate of drug-likeness (QED) is 0.517. The number of rotatable bonds is 4. The number of ether oxygens (including phenoxy) is 1. The normalized spacial score (nSPS) is 23.5. The van der Waals surface area contributed by atoms with E-state index in [2.05, 4.69) is 12.1 Å².